The van der Waals surface area contributed by atoms with Crippen molar-refractivity contribution in [3.8, 4) is 0 Å². The van der Waals surface area contributed by atoms with Gasteiger partial charge >= 0.3 is 0 Å². The van der Waals surface area contributed by atoms with Crippen molar-refractivity contribution >= 4 is 5.91 Å². The van der Waals surface area contributed by atoms with Gasteiger partial charge in [-0.15, -0.1) is 0 Å². The number of nitrogens with zero attached hydrogens (tertiary/aromatic N) is 3. The fourth-order valence-corrected chi connectivity index (χ4v) is 2.67. The van der Waals surface area contributed by atoms with Crippen LogP contribution in [0.15, 0.2) is 6.07 Å². The van der Waals surface area contributed by atoms with Gasteiger partial charge in [0.15, 0.2) is 5.69 Å². The Bertz CT molecular complexity index is 537. The summed E-state index contributed by atoms with van der Waals surface area (Å²) in [4.78, 5) is 14.5. The molecule has 1 N–H and O–H groups in total. The average molecular weight is 307 g/mol. The standard InChI is InChI=1S/C17H29N3O2/c1-11(2)19(10-12(3)21)16(22)14-9-15(13-7-8-13)20(18-14)17(4,5)6/h9,11-13,21H,7-8,10H2,1-6H3. The number of amides is 1. The maximum atomic E-state index is 12.8. The van der Waals surface area contributed by atoms with Gasteiger partial charge in [0.1, 0.15) is 0 Å². The third kappa shape index (κ3) is 3.69. The van der Waals surface area contributed by atoms with E-state index in [0.29, 0.717) is 18.2 Å². The second-order valence-corrected chi connectivity index (χ2v) is 7.71. The Hall–Kier alpha value is -1.36. The van der Waals surface area contributed by atoms with Crippen LogP contribution in [0.1, 0.15) is 76.5 Å². The monoisotopic (exact) mass is 307 g/mol. The van der Waals surface area contributed by atoms with Crippen molar-refractivity contribution in [1.29, 1.82) is 0 Å². The lowest BCUT2D eigenvalue weighted by Gasteiger charge is -2.27. The smallest absolute Gasteiger partial charge is 0.274 e. The Morgan fingerprint density at radius 3 is 2.41 bits per heavy atom. The highest BCUT2D eigenvalue weighted by molar-refractivity contribution is 5.92. The molecule has 0 radical (unpaired) electrons. The molecule has 2 rings (SSSR count). The van der Waals surface area contributed by atoms with Gasteiger partial charge in [0.2, 0.25) is 0 Å². The first kappa shape index (κ1) is 17.0. The van der Waals surface area contributed by atoms with Crippen LogP contribution in [0.2, 0.25) is 0 Å². The molecule has 1 aromatic heterocycles. The highest BCUT2D eigenvalue weighted by Gasteiger charge is 2.33. The summed E-state index contributed by atoms with van der Waals surface area (Å²) in [7, 11) is 0. The fourth-order valence-electron chi connectivity index (χ4n) is 2.67. The highest BCUT2D eigenvalue weighted by atomic mass is 16.3. The summed E-state index contributed by atoms with van der Waals surface area (Å²) >= 11 is 0. The average Bonchev–Trinajstić information content (AvgIpc) is 3.12. The Balaban J connectivity index is 2.33. The van der Waals surface area contributed by atoms with E-state index in [9.17, 15) is 9.90 Å². The van der Waals surface area contributed by atoms with Gasteiger partial charge in [0.25, 0.3) is 5.91 Å². The first-order chi connectivity index (χ1) is 10.1. The van der Waals surface area contributed by atoms with E-state index < -0.39 is 6.10 Å². The minimum atomic E-state index is -0.543. The van der Waals surface area contributed by atoms with E-state index in [1.165, 1.54) is 12.8 Å². The predicted molar refractivity (Wildman–Crippen MR) is 87.1 cm³/mol. The number of aliphatic hydroxyl groups excluding tert-OH is 1. The third-order valence-electron chi connectivity index (χ3n) is 3.93. The van der Waals surface area contributed by atoms with Gasteiger partial charge in [0.05, 0.1) is 11.6 Å². The Morgan fingerprint density at radius 1 is 1.41 bits per heavy atom. The van der Waals surface area contributed by atoms with E-state index in [1.54, 1.807) is 11.8 Å². The van der Waals surface area contributed by atoms with Gasteiger partial charge in [-0.1, -0.05) is 0 Å². The number of aromatic nitrogens is 2. The molecule has 0 aliphatic heterocycles. The molecule has 1 aromatic rings. The van der Waals surface area contributed by atoms with Crippen LogP contribution in [0, 0.1) is 0 Å². The normalized spacial score (nSPS) is 16.9. The van der Waals surface area contributed by atoms with Crippen molar-refractivity contribution in [3.05, 3.63) is 17.5 Å². The molecule has 0 aromatic carbocycles. The van der Waals surface area contributed by atoms with Gasteiger partial charge in [-0.25, -0.2) is 0 Å². The van der Waals surface area contributed by atoms with E-state index >= 15 is 0 Å². The minimum Gasteiger partial charge on any atom is -0.392 e. The molecule has 1 amide bonds. The summed E-state index contributed by atoms with van der Waals surface area (Å²) < 4.78 is 2.00. The zero-order valence-corrected chi connectivity index (χ0v) is 14.6. The maximum absolute atomic E-state index is 12.8. The van der Waals surface area contributed by atoms with Crippen molar-refractivity contribution < 1.29 is 9.90 Å². The number of carbonyl (C=O) groups is 1. The fraction of sp³-hybridized carbons (Fsp3) is 0.765. The largest absolute Gasteiger partial charge is 0.392 e. The zero-order valence-electron chi connectivity index (χ0n) is 14.6. The molecule has 1 atom stereocenters. The lowest BCUT2D eigenvalue weighted by atomic mass is 10.1. The molecule has 5 nitrogen and oxygen atoms in total. The van der Waals surface area contributed by atoms with E-state index in [1.807, 2.05) is 24.6 Å². The van der Waals surface area contributed by atoms with Gasteiger partial charge in [-0.05, 0) is 60.5 Å². The number of carbonyl (C=O) groups excluding carboxylic acids is 1. The predicted octanol–water partition coefficient (Wildman–Crippen LogP) is 2.75. The zero-order chi connectivity index (χ0) is 16.7. The number of aliphatic hydroxyl groups is 1. The van der Waals surface area contributed by atoms with Crippen LogP contribution in [-0.4, -0.2) is 44.4 Å². The van der Waals surface area contributed by atoms with E-state index in [-0.39, 0.29) is 17.5 Å². The SMILES string of the molecule is CC(O)CN(C(=O)c1cc(C2CC2)n(C(C)(C)C)n1)C(C)C. The number of hydrogen-bond acceptors (Lipinski definition) is 3. The van der Waals surface area contributed by atoms with Crippen LogP contribution in [0.5, 0.6) is 0 Å². The molecular weight excluding hydrogens is 278 g/mol. The molecule has 0 saturated heterocycles. The van der Waals surface area contributed by atoms with Crippen LogP contribution < -0.4 is 0 Å². The Labute approximate surface area is 133 Å². The lowest BCUT2D eigenvalue weighted by Crippen LogP contribution is -2.41. The summed E-state index contributed by atoms with van der Waals surface area (Å²) in [5.41, 5.74) is 1.52. The molecule has 1 aliphatic rings. The van der Waals surface area contributed by atoms with Crippen molar-refractivity contribution in [2.75, 3.05) is 6.54 Å². The molecule has 1 heterocycles. The molecular formula is C17H29N3O2. The van der Waals surface area contributed by atoms with Crippen molar-refractivity contribution in [3.63, 3.8) is 0 Å². The summed E-state index contributed by atoms with van der Waals surface area (Å²) in [5.74, 6) is 0.443. The molecule has 1 saturated carbocycles. The maximum Gasteiger partial charge on any atom is 0.274 e. The topological polar surface area (TPSA) is 58.4 Å². The molecule has 1 fully saturated rings. The summed E-state index contributed by atoms with van der Waals surface area (Å²) in [6.45, 7) is 12.3. The molecule has 0 spiro atoms. The highest BCUT2D eigenvalue weighted by Crippen LogP contribution is 2.41. The summed E-state index contributed by atoms with van der Waals surface area (Å²) in [5, 5.41) is 14.2. The number of rotatable bonds is 5. The Kier molecular flexibility index (Phi) is 4.66. The van der Waals surface area contributed by atoms with Crippen LogP contribution >= 0.6 is 0 Å². The minimum absolute atomic E-state index is 0.0336. The summed E-state index contributed by atoms with van der Waals surface area (Å²) in [6.07, 6.45) is 1.81. The second-order valence-electron chi connectivity index (χ2n) is 7.71. The van der Waals surface area contributed by atoms with Gasteiger partial charge in [0, 0.05) is 24.2 Å². The van der Waals surface area contributed by atoms with Crippen LogP contribution in [0.4, 0.5) is 0 Å². The third-order valence-corrected chi connectivity index (χ3v) is 3.93. The molecule has 5 heteroatoms. The second kappa shape index (κ2) is 6.03. The van der Waals surface area contributed by atoms with Gasteiger partial charge in [-0.3, -0.25) is 9.48 Å². The van der Waals surface area contributed by atoms with Crippen molar-refractivity contribution in [1.82, 2.24) is 14.7 Å². The first-order valence-corrected chi connectivity index (χ1v) is 8.20. The molecule has 0 bridgehead atoms. The molecule has 22 heavy (non-hydrogen) atoms. The molecule has 1 aliphatic carbocycles. The van der Waals surface area contributed by atoms with E-state index in [2.05, 4.69) is 25.9 Å². The van der Waals surface area contributed by atoms with Crippen LogP contribution in [-0.2, 0) is 5.54 Å². The van der Waals surface area contributed by atoms with Crippen LogP contribution in [0.3, 0.4) is 0 Å². The van der Waals surface area contributed by atoms with E-state index in [4.69, 9.17) is 0 Å². The summed E-state index contributed by atoms with van der Waals surface area (Å²) in [6, 6.07) is 1.98. The molecule has 1 unspecified atom stereocenters. The Morgan fingerprint density at radius 2 is 2.00 bits per heavy atom. The van der Waals surface area contributed by atoms with Crippen molar-refractivity contribution in [2.24, 2.45) is 0 Å². The lowest BCUT2D eigenvalue weighted by molar-refractivity contribution is 0.0571. The van der Waals surface area contributed by atoms with Crippen LogP contribution in [0.25, 0.3) is 0 Å². The van der Waals surface area contributed by atoms with Crippen molar-refractivity contribution in [2.45, 2.75) is 78.0 Å². The van der Waals surface area contributed by atoms with Gasteiger partial charge < -0.3 is 10.0 Å². The van der Waals surface area contributed by atoms with Gasteiger partial charge in [-0.2, -0.15) is 5.10 Å². The van der Waals surface area contributed by atoms with E-state index in [0.717, 1.165) is 5.69 Å². The molecule has 124 valence electrons. The first-order valence-electron chi connectivity index (χ1n) is 8.20. The number of hydrogen-bond donors (Lipinski definition) is 1. The quantitative estimate of drug-likeness (QED) is 0.910.